The molecule has 0 bridgehead atoms. The molecule has 6 aromatic carbocycles. The highest BCUT2D eigenvalue weighted by atomic mass is 32.2. The van der Waals surface area contributed by atoms with E-state index in [1.54, 1.807) is 84.9 Å². The molecule has 0 amide bonds. The summed E-state index contributed by atoms with van der Waals surface area (Å²) in [6, 6.07) is 42.3. The summed E-state index contributed by atoms with van der Waals surface area (Å²) in [6.45, 7) is 8.23. The Bertz CT molecular complexity index is 2290. The van der Waals surface area contributed by atoms with Crippen molar-refractivity contribution in [1.82, 2.24) is 0 Å². The Balaban J connectivity index is 1.08. The molecular weight excluding hydrogens is 665 g/mol. The van der Waals surface area contributed by atoms with Crippen LogP contribution in [0.5, 0.6) is 23.0 Å². The SMILES string of the molecule is CCc1ccc(S(=O)(=O)c2ccc(Oc3ccc(C(C)(C)c4ccc(Oc5ccc(S(=O)(=O)c6ccc(C)cc6)cc5)cc4)cc3)cc2)cc1. The van der Waals surface area contributed by atoms with Gasteiger partial charge in [-0.25, -0.2) is 16.8 Å². The maximum absolute atomic E-state index is 13.1. The van der Waals surface area contributed by atoms with Crippen molar-refractivity contribution in [2.24, 2.45) is 0 Å². The zero-order valence-electron chi connectivity index (χ0n) is 28.3. The number of benzene rings is 6. The second-order valence-electron chi connectivity index (χ2n) is 12.6. The zero-order valence-corrected chi connectivity index (χ0v) is 30.0. The molecule has 0 heterocycles. The molecule has 6 aromatic rings. The molecule has 0 unspecified atom stereocenters. The van der Waals surface area contributed by atoms with E-state index >= 15 is 0 Å². The molecule has 0 saturated carbocycles. The summed E-state index contributed by atoms with van der Waals surface area (Å²) in [7, 11) is -7.23. The van der Waals surface area contributed by atoms with E-state index in [1.165, 1.54) is 0 Å². The van der Waals surface area contributed by atoms with E-state index in [4.69, 9.17) is 9.47 Å². The number of rotatable bonds is 11. The third-order valence-electron chi connectivity index (χ3n) is 8.86. The van der Waals surface area contributed by atoms with Crippen LogP contribution in [0.1, 0.15) is 43.0 Å². The van der Waals surface area contributed by atoms with Crippen molar-refractivity contribution < 1.29 is 26.3 Å². The topological polar surface area (TPSA) is 86.7 Å². The molecule has 6 nitrogen and oxygen atoms in total. The standard InChI is InChI=1S/C42H38O6S2/c1-5-31-8-24-39(25-9-31)50(45,46)41-28-20-37(21-29-41)48-35-16-12-33(13-17-35)42(3,4)32-10-14-34(15-11-32)47-36-18-26-40(27-19-36)49(43,44)38-22-6-30(2)7-23-38/h6-29H,5H2,1-4H3. The summed E-state index contributed by atoms with van der Waals surface area (Å²) in [6.07, 6.45) is 0.847. The number of aryl methyl sites for hydroxylation is 2. The minimum absolute atomic E-state index is 0.208. The van der Waals surface area contributed by atoms with Gasteiger partial charge in [-0.1, -0.05) is 74.9 Å². The lowest BCUT2D eigenvalue weighted by Crippen LogP contribution is -2.18. The van der Waals surface area contributed by atoms with Crippen LogP contribution in [-0.2, 0) is 31.5 Å². The van der Waals surface area contributed by atoms with Crippen molar-refractivity contribution in [1.29, 1.82) is 0 Å². The molecule has 0 radical (unpaired) electrons. The van der Waals surface area contributed by atoms with Crippen molar-refractivity contribution in [2.45, 2.75) is 59.1 Å². The smallest absolute Gasteiger partial charge is 0.206 e. The largest absolute Gasteiger partial charge is 0.457 e. The fraction of sp³-hybridized carbons (Fsp3) is 0.143. The van der Waals surface area contributed by atoms with E-state index in [9.17, 15) is 16.8 Å². The molecule has 0 atom stereocenters. The number of ether oxygens (including phenoxy) is 2. The van der Waals surface area contributed by atoms with Crippen molar-refractivity contribution in [3.63, 3.8) is 0 Å². The molecule has 0 aliphatic rings. The highest BCUT2D eigenvalue weighted by Gasteiger charge is 2.24. The predicted octanol–water partition coefficient (Wildman–Crippen LogP) is 10.1. The summed E-state index contributed by atoms with van der Waals surface area (Å²) in [5.41, 5.74) is 3.92. The van der Waals surface area contributed by atoms with Gasteiger partial charge in [0, 0.05) is 5.41 Å². The van der Waals surface area contributed by atoms with Gasteiger partial charge in [-0.2, -0.15) is 0 Å². The quantitative estimate of drug-likeness (QED) is 0.134. The van der Waals surface area contributed by atoms with Gasteiger partial charge in [0.15, 0.2) is 0 Å². The first kappa shape index (κ1) is 34.7. The van der Waals surface area contributed by atoms with Gasteiger partial charge in [0.1, 0.15) is 23.0 Å². The molecule has 0 N–H and O–H groups in total. The fourth-order valence-corrected chi connectivity index (χ4v) is 8.11. The van der Waals surface area contributed by atoms with Crippen LogP contribution in [0.3, 0.4) is 0 Å². The Morgan fingerprint density at radius 2 is 0.720 bits per heavy atom. The van der Waals surface area contributed by atoms with Crippen LogP contribution in [0, 0.1) is 6.92 Å². The number of hydrogen-bond acceptors (Lipinski definition) is 6. The first-order chi connectivity index (χ1) is 23.9. The Labute approximate surface area is 294 Å². The van der Waals surface area contributed by atoms with Gasteiger partial charge >= 0.3 is 0 Å². The van der Waals surface area contributed by atoms with Gasteiger partial charge in [-0.15, -0.1) is 0 Å². The summed E-state index contributed by atoms with van der Waals surface area (Å²) in [5.74, 6) is 2.34. The molecule has 8 heteroatoms. The van der Waals surface area contributed by atoms with E-state index in [1.807, 2.05) is 74.5 Å². The average molecular weight is 703 g/mol. The van der Waals surface area contributed by atoms with Gasteiger partial charge in [-0.3, -0.25) is 0 Å². The van der Waals surface area contributed by atoms with E-state index in [0.717, 1.165) is 28.7 Å². The Morgan fingerprint density at radius 1 is 0.440 bits per heavy atom. The van der Waals surface area contributed by atoms with E-state index < -0.39 is 19.7 Å². The molecule has 50 heavy (non-hydrogen) atoms. The minimum Gasteiger partial charge on any atom is -0.457 e. The molecule has 0 spiro atoms. The average Bonchev–Trinajstić information content (AvgIpc) is 3.13. The first-order valence-corrected chi connectivity index (χ1v) is 19.3. The monoisotopic (exact) mass is 702 g/mol. The lowest BCUT2D eigenvalue weighted by Gasteiger charge is -2.26. The van der Waals surface area contributed by atoms with Gasteiger partial charge in [-0.05, 0) is 127 Å². The summed E-state index contributed by atoms with van der Waals surface area (Å²) < 4.78 is 64.2. The van der Waals surface area contributed by atoms with Gasteiger partial charge in [0.2, 0.25) is 19.7 Å². The highest BCUT2D eigenvalue weighted by Crippen LogP contribution is 2.35. The zero-order chi connectivity index (χ0) is 35.5. The molecule has 0 aromatic heterocycles. The fourth-order valence-electron chi connectivity index (χ4n) is 5.59. The Morgan fingerprint density at radius 3 is 1.04 bits per heavy atom. The molecule has 6 rings (SSSR count). The normalized spacial score (nSPS) is 12.0. The highest BCUT2D eigenvalue weighted by molar-refractivity contribution is 7.91. The van der Waals surface area contributed by atoms with Crippen LogP contribution >= 0.6 is 0 Å². The van der Waals surface area contributed by atoms with Crippen LogP contribution in [0.2, 0.25) is 0 Å². The van der Waals surface area contributed by atoms with Crippen LogP contribution in [-0.4, -0.2) is 16.8 Å². The second-order valence-corrected chi connectivity index (χ2v) is 16.5. The Kier molecular flexibility index (Phi) is 9.69. The van der Waals surface area contributed by atoms with Crippen LogP contribution in [0.4, 0.5) is 0 Å². The number of hydrogen-bond donors (Lipinski definition) is 0. The van der Waals surface area contributed by atoms with Gasteiger partial charge < -0.3 is 9.47 Å². The first-order valence-electron chi connectivity index (χ1n) is 16.3. The van der Waals surface area contributed by atoms with Crippen LogP contribution in [0.25, 0.3) is 0 Å². The minimum atomic E-state index is -3.62. The summed E-state index contributed by atoms with van der Waals surface area (Å²) >= 11 is 0. The summed E-state index contributed by atoms with van der Waals surface area (Å²) in [5, 5.41) is 0. The maximum atomic E-state index is 13.1. The molecule has 254 valence electrons. The van der Waals surface area contributed by atoms with Crippen molar-refractivity contribution in [2.75, 3.05) is 0 Å². The third-order valence-corrected chi connectivity index (χ3v) is 12.4. The molecular formula is C42H38O6S2. The van der Waals surface area contributed by atoms with Crippen LogP contribution < -0.4 is 9.47 Å². The lowest BCUT2D eigenvalue weighted by atomic mass is 9.78. The lowest BCUT2D eigenvalue weighted by molar-refractivity contribution is 0.480. The van der Waals surface area contributed by atoms with Crippen molar-refractivity contribution in [3.8, 4) is 23.0 Å². The van der Waals surface area contributed by atoms with E-state index in [0.29, 0.717) is 23.0 Å². The third kappa shape index (κ3) is 7.37. The molecule has 0 saturated heterocycles. The van der Waals surface area contributed by atoms with Gasteiger partial charge in [0.25, 0.3) is 0 Å². The van der Waals surface area contributed by atoms with Crippen molar-refractivity contribution in [3.05, 3.63) is 168 Å². The molecule has 0 fully saturated rings. The summed E-state index contributed by atoms with van der Waals surface area (Å²) in [4.78, 5) is 0.943. The van der Waals surface area contributed by atoms with E-state index in [-0.39, 0.29) is 25.0 Å². The van der Waals surface area contributed by atoms with Crippen molar-refractivity contribution >= 4 is 19.7 Å². The predicted molar refractivity (Wildman–Crippen MR) is 196 cm³/mol. The van der Waals surface area contributed by atoms with Gasteiger partial charge in [0.05, 0.1) is 19.6 Å². The Hall–Kier alpha value is -5.18. The number of sulfone groups is 2. The van der Waals surface area contributed by atoms with E-state index in [2.05, 4.69) is 13.8 Å². The second kappa shape index (κ2) is 14.0. The maximum Gasteiger partial charge on any atom is 0.206 e. The van der Waals surface area contributed by atoms with Crippen LogP contribution in [0.15, 0.2) is 165 Å². The molecule has 0 aliphatic carbocycles. The molecule has 0 aliphatic heterocycles.